The zero-order valence-electron chi connectivity index (χ0n) is 12.5. The lowest BCUT2D eigenvalue weighted by atomic mass is 10.0. The van der Waals surface area contributed by atoms with Gasteiger partial charge < -0.3 is 10.5 Å². The van der Waals surface area contributed by atoms with Gasteiger partial charge >= 0.3 is 5.97 Å². The number of hydrogen-bond acceptors (Lipinski definition) is 5. The summed E-state index contributed by atoms with van der Waals surface area (Å²) in [6, 6.07) is 0. The summed E-state index contributed by atoms with van der Waals surface area (Å²) in [4.78, 5) is 18.2. The number of aryl methyl sites for hydroxylation is 2. The van der Waals surface area contributed by atoms with Crippen molar-refractivity contribution >= 4 is 33.2 Å². The van der Waals surface area contributed by atoms with E-state index in [1.165, 1.54) is 28.2 Å². The normalized spacial score (nSPS) is 13.6. The highest BCUT2D eigenvalue weighted by Gasteiger charge is 2.26. The number of ether oxygens (including phenoxy) is 1. The van der Waals surface area contributed by atoms with Crippen LogP contribution in [0.4, 0.5) is 5.69 Å². The van der Waals surface area contributed by atoms with Crippen molar-refractivity contribution in [2.24, 2.45) is 0 Å². The highest BCUT2D eigenvalue weighted by atomic mass is 32.1. The summed E-state index contributed by atoms with van der Waals surface area (Å²) in [6.45, 7) is 4.33. The summed E-state index contributed by atoms with van der Waals surface area (Å²) in [7, 11) is 0. The van der Waals surface area contributed by atoms with E-state index in [0.717, 1.165) is 42.3 Å². The molecule has 0 bridgehead atoms. The Bertz CT molecular complexity index is 706. The van der Waals surface area contributed by atoms with Gasteiger partial charge in [0.05, 0.1) is 12.3 Å². The number of rotatable bonds is 4. The Kier molecular flexibility index (Phi) is 3.85. The number of hydrogen-bond donors (Lipinski definition) is 1. The van der Waals surface area contributed by atoms with Crippen LogP contribution < -0.4 is 5.73 Å². The van der Waals surface area contributed by atoms with Crippen LogP contribution >= 0.6 is 11.3 Å². The molecule has 21 heavy (non-hydrogen) atoms. The minimum atomic E-state index is -0.332. The molecule has 0 amide bonds. The first-order chi connectivity index (χ1) is 10.2. The zero-order chi connectivity index (χ0) is 15.0. The maximum atomic E-state index is 12.0. The van der Waals surface area contributed by atoms with Gasteiger partial charge in [0.1, 0.15) is 9.71 Å². The highest BCUT2D eigenvalue weighted by molar-refractivity contribution is 7.21. The first-order valence-corrected chi connectivity index (χ1v) is 8.38. The molecule has 0 spiro atoms. The standard InChI is InChI=1S/C16H20N2O2S/c1-3-6-11-9-7-5-8-10(9)12-13(17)14(16(19)20-4-2)21-15(12)18-11/h3-8,17H2,1-2H3. The number of thiophene rings is 1. The summed E-state index contributed by atoms with van der Waals surface area (Å²) in [5.41, 5.74) is 10.7. The fourth-order valence-corrected chi connectivity index (χ4v) is 4.16. The van der Waals surface area contributed by atoms with Crippen molar-refractivity contribution in [2.75, 3.05) is 12.3 Å². The van der Waals surface area contributed by atoms with E-state index in [1.54, 1.807) is 6.92 Å². The predicted molar refractivity (Wildman–Crippen MR) is 86.0 cm³/mol. The number of aromatic nitrogens is 1. The number of carbonyl (C=O) groups is 1. The van der Waals surface area contributed by atoms with Gasteiger partial charge in [-0.1, -0.05) is 13.3 Å². The van der Waals surface area contributed by atoms with E-state index in [1.807, 2.05) is 0 Å². The van der Waals surface area contributed by atoms with Gasteiger partial charge in [-0.2, -0.15) is 0 Å². The van der Waals surface area contributed by atoms with Crippen LogP contribution in [0.5, 0.6) is 0 Å². The number of anilines is 1. The molecule has 1 aliphatic carbocycles. The molecule has 2 aromatic rings. The van der Waals surface area contributed by atoms with Crippen molar-refractivity contribution in [3.63, 3.8) is 0 Å². The van der Waals surface area contributed by atoms with Crippen LogP contribution in [0.3, 0.4) is 0 Å². The summed E-state index contributed by atoms with van der Waals surface area (Å²) in [6.07, 6.45) is 5.34. The van der Waals surface area contributed by atoms with Gasteiger partial charge in [-0.3, -0.25) is 0 Å². The fraction of sp³-hybridized carbons (Fsp3) is 0.500. The van der Waals surface area contributed by atoms with Crippen molar-refractivity contribution in [2.45, 2.75) is 46.0 Å². The number of nitrogen functional groups attached to an aromatic ring is 1. The minimum absolute atomic E-state index is 0.332. The molecule has 2 N–H and O–H groups in total. The second kappa shape index (κ2) is 5.64. The smallest absolute Gasteiger partial charge is 0.350 e. The van der Waals surface area contributed by atoms with Crippen LogP contribution in [0.25, 0.3) is 10.2 Å². The molecule has 0 saturated carbocycles. The monoisotopic (exact) mass is 304 g/mol. The number of nitrogens with two attached hydrogens (primary N) is 1. The van der Waals surface area contributed by atoms with Gasteiger partial charge in [-0.15, -0.1) is 11.3 Å². The van der Waals surface area contributed by atoms with E-state index in [-0.39, 0.29) is 5.97 Å². The van der Waals surface area contributed by atoms with Crippen LogP contribution in [0, 0.1) is 0 Å². The topological polar surface area (TPSA) is 65.2 Å². The fourth-order valence-electron chi connectivity index (χ4n) is 3.12. The Balaban J connectivity index is 2.20. The zero-order valence-corrected chi connectivity index (χ0v) is 13.3. The van der Waals surface area contributed by atoms with Crippen molar-refractivity contribution < 1.29 is 9.53 Å². The van der Waals surface area contributed by atoms with Gasteiger partial charge in [0.15, 0.2) is 0 Å². The predicted octanol–water partition coefficient (Wildman–Crippen LogP) is 3.50. The quantitative estimate of drug-likeness (QED) is 0.878. The Labute approximate surface area is 128 Å². The number of fused-ring (bicyclic) bond motifs is 3. The van der Waals surface area contributed by atoms with Crippen LogP contribution in [0.1, 0.15) is 53.2 Å². The summed E-state index contributed by atoms with van der Waals surface area (Å²) < 4.78 is 5.10. The van der Waals surface area contributed by atoms with E-state index >= 15 is 0 Å². The Hall–Kier alpha value is -1.62. The molecule has 4 nitrogen and oxygen atoms in total. The lowest BCUT2D eigenvalue weighted by molar-refractivity contribution is 0.0533. The third-order valence-corrected chi connectivity index (χ3v) is 5.06. The summed E-state index contributed by atoms with van der Waals surface area (Å²) >= 11 is 1.37. The van der Waals surface area contributed by atoms with E-state index in [9.17, 15) is 4.79 Å². The van der Waals surface area contributed by atoms with Crippen LogP contribution in [0.15, 0.2) is 0 Å². The number of pyridine rings is 1. The molecule has 0 unspecified atom stereocenters. The van der Waals surface area contributed by atoms with Crippen molar-refractivity contribution in [3.05, 3.63) is 21.7 Å². The lowest BCUT2D eigenvalue weighted by Crippen LogP contribution is -2.05. The number of nitrogens with zero attached hydrogens (tertiary/aromatic N) is 1. The van der Waals surface area contributed by atoms with Gasteiger partial charge in [-0.05, 0) is 43.7 Å². The Morgan fingerprint density at radius 2 is 2.10 bits per heavy atom. The largest absolute Gasteiger partial charge is 0.462 e. The average molecular weight is 304 g/mol. The lowest BCUT2D eigenvalue weighted by Gasteiger charge is -2.08. The first kappa shape index (κ1) is 14.3. The molecule has 112 valence electrons. The third-order valence-electron chi connectivity index (χ3n) is 3.98. The minimum Gasteiger partial charge on any atom is -0.462 e. The molecule has 0 atom stereocenters. The van der Waals surface area contributed by atoms with Crippen LogP contribution in [-0.2, 0) is 24.0 Å². The number of esters is 1. The SMILES string of the molecule is CCCc1nc2sc(C(=O)OCC)c(N)c2c2c1CCC2. The summed E-state index contributed by atoms with van der Waals surface area (Å²) in [5.74, 6) is -0.332. The van der Waals surface area contributed by atoms with Crippen molar-refractivity contribution in [3.8, 4) is 0 Å². The second-order valence-electron chi connectivity index (χ2n) is 5.36. The molecule has 0 aromatic carbocycles. The van der Waals surface area contributed by atoms with Gasteiger partial charge in [0.25, 0.3) is 0 Å². The Morgan fingerprint density at radius 1 is 1.33 bits per heavy atom. The molecular weight excluding hydrogens is 284 g/mol. The molecule has 2 heterocycles. The number of carbonyl (C=O) groups excluding carboxylic acids is 1. The first-order valence-electron chi connectivity index (χ1n) is 7.57. The molecule has 0 aliphatic heterocycles. The molecule has 0 saturated heterocycles. The molecule has 1 aliphatic rings. The second-order valence-corrected chi connectivity index (χ2v) is 6.36. The maximum Gasteiger partial charge on any atom is 0.350 e. The molecule has 0 fully saturated rings. The van der Waals surface area contributed by atoms with Crippen molar-refractivity contribution in [1.82, 2.24) is 4.98 Å². The molecule has 0 radical (unpaired) electrons. The highest BCUT2D eigenvalue weighted by Crippen LogP contribution is 2.40. The summed E-state index contributed by atoms with van der Waals surface area (Å²) in [5, 5.41) is 0.996. The van der Waals surface area contributed by atoms with Gasteiger partial charge in [-0.25, -0.2) is 9.78 Å². The van der Waals surface area contributed by atoms with Gasteiger partial charge in [0, 0.05) is 11.1 Å². The molecule has 2 aromatic heterocycles. The molecular formula is C16H20N2O2S. The third kappa shape index (κ3) is 2.29. The van der Waals surface area contributed by atoms with E-state index in [2.05, 4.69) is 6.92 Å². The van der Waals surface area contributed by atoms with E-state index in [4.69, 9.17) is 15.5 Å². The molecule has 3 rings (SSSR count). The van der Waals surface area contributed by atoms with E-state index < -0.39 is 0 Å². The van der Waals surface area contributed by atoms with Gasteiger partial charge in [0.2, 0.25) is 0 Å². The molecule has 5 heteroatoms. The maximum absolute atomic E-state index is 12.0. The van der Waals surface area contributed by atoms with Crippen LogP contribution in [-0.4, -0.2) is 17.6 Å². The average Bonchev–Trinajstić information content (AvgIpc) is 3.04. The van der Waals surface area contributed by atoms with E-state index in [0.29, 0.717) is 17.2 Å². The van der Waals surface area contributed by atoms with Crippen molar-refractivity contribution in [1.29, 1.82) is 0 Å². The van der Waals surface area contributed by atoms with Crippen LogP contribution in [0.2, 0.25) is 0 Å². The Morgan fingerprint density at radius 3 is 2.81 bits per heavy atom.